The predicted octanol–water partition coefficient (Wildman–Crippen LogP) is 1.46. The summed E-state index contributed by atoms with van der Waals surface area (Å²) in [5.41, 5.74) is -0.839. The van der Waals surface area contributed by atoms with Gasteiger partial charge in [-0.1, -0.05) is 0 Å². The number of rotatable bonds is 5. The van der Waals surface area contributed by atoms with Crippen LogP contribution in [0.25, 0.3) is 0 Å². The van der Waals surface area contributed by atoms with Crippen LogP contribution < -0.4 is 0 Å². The van der Waals surface area contributed by atoms with Gasteiger partial charge in [0, 0.05) is 0 Å². The van der Waals surface area contributed by atoms with Crippen LogP contribution in [0.4, 0.5) is 0 Å². The molecule has 0 aliphatic rings. The van der Waals surface area contributed by atoms with Gasteiger partial charge in [0.2, 0.25) is 0 Å². The fourth-order valence-corrected chi connectivity index (χ4v) is 0.563. The van der Waals surface area contributed by atoms with Gasteiger partial charge in [0.15, 0.2) is 0 Å². The molecular formula is C9H21BO3. The van der Waals surface area contributed by atoms with Crippen molar-refractivity contribution in [2.75, 3.05) is 0 Å². The maximum absolute atomic E-state index is 5.33. The van der Waals surface area contributed by atoms with Gasteiger partial charge in [-0.05, 0) is 41.5 Å². The standard InChI is InChI=1S/C9H21BO3/c1-7(2)11-13-9(5,6)8(3,4)12-10/h7H,10H2,1-6H3. The van der Waals surface area contributed by atoms with Crippen LogP contribution in [0.2, 0.25) is 0 Å². The van der Waals surface area contributed by atoms with E-state index in [2.05, 4.69) is 0 Å². The van der Waals surface area contributed by atoms with Gasteiger partial charge in [0.25, 0.3) is 8.05 Å². The quantitative estimate of drug-likeness (QED) is 0.371. The summed E-state index contributed by atoms with van der Waals surface area (Å²) < 4.78 is 5.33. The molecule has 0 unspecified atom stereocenters. The smallest absolute Gasteiger partial charge is 0.258 e. The molecule has 3 nitrogen and oxygen atoms in total. The maximum Gasteiger partial charge on any atom is 0.258 e. The first-order valence-electron chi connectivity index (χ1n) is 4.62. The maximum atomic E-state index is 5.33. The molecule has 0 aromatic carbocycles. The second kappa shape index (κ2) is 4.44. The molecule has 0 radical (unpaired) electrons. The molecule has 0 heterocycles. The summed E-state index contributed by atoms with van der Waals surface area (Å²) in [4.78, 5) is 10.4. The summed E-state index contributed by atoms with van der Waals surface area (Å²) in [6.45, 7) is 11.7. The van der Waals surface area contributed by atoms with Crippen LogP contribution in [0, 0.1) is 0 Å². The Hall–Kier alpha value is -0.0551. The zero-order chi connectivity index (χ0) is 10.7. The van der Waals surface area contributed by atoms with E-state index in [1.165, 1.54) is 0 Å². The summed E-state index contributed by atoms with van der Waals surface area (Å²) >= 11 is 0. The van der Waals surface area contributed by atoms with Crippen molar-refractivity contribution < 1.29 is 14.4 Å². The third-order valence-electron chi connectivity index (χ3n) is 2.41. The van der Waals surface area contributed by atoms with E-state index in [0.717, 1.165) is 0 Å². The van der Waals surface area contributed by atoms with Crippen molar-refractivity contribution in [2.45, 2.75) is 58.8 Å². The molecule has 0 aliphatic carbocycles. The lowest BCUT2D eigenvalue weighted by molar-refractivity contribution is -0.394. The molecule has 0 aliphatic heterocycles. The first-order valence-corrected chi connectivity index (χ1v) is 4.62. The minimum atomic E-state index is -0.466. The highest BCUT2D eigenvalue weighted by atomic mass is 17.2. The Kier molecular flexibility index (Phi) is 4.42. The van der Waals surface area contributed by atoms with Crippen molar-refractivity contribution in [3.8, 4) is 0 Å². The third kappa shape index (κ3) is 3.67. The summed E-state index contributed by atoms with van der Waals surface area (Å²) in [6.07, 6.45) is 0.0620. The molecule has 0 fully saturated rings. The van der Waals surface area contributed by atoms with E-state index in [9.17, 15) is 0 Å². The van der Waals surface area contributed by atoms with Gasteiger partial charge in [0.1, 0.15) is 5.60 Å². The molecule has 0 atom stereocenters. The van der Waals surface area contributed by atoms with E-state index in [4.69, 9.17) is 14.4 Å². The molecular weight excluding hydrogens is 167 g/mol. The van der Waals surface area contributed by atoms with Crippen molar-refractivity contribution in [3.05, 3.63) is 0 Å². The summed E-state index contributed by atoms with van der Waals surface area (Å²) in [6, 6.07) is 0. The highest BCUT2D eigenvalue weighted by Crippen LogP contribution is 2.28. The van der Waals surface area contributed by atoms with Crippen LogP contribution in [0.15, 0.2) is 0 Å². The summed E-state index contributed by atoms with van der Waals surface area (Å²) in [7, 11) is 1.67. The lowest BCUT2D eigenvalue weighted by Crippen LogP contribution is -2.49. The highest BCUT2D eigenvalue weighted by Gasteiger charge is 2.39. The Bertz CT molecular complexity index is 155. The van der Waals surface area contributed by atoms with E-state index >= 15 is 0 Å². The summed E-state index contributed by atoms with van der Waals surface area (Å²) in [5.74, 6) is 0. The SMILES string of the molecule is BOC(C)(C)C(C)(C)OOC(C)C. The Morgan fingerprint density at radius 2 is 1.46 bits per heavy atom. The normalized spacial score (nSPS) is 13.8. The van der Waals surface area contributed by atoms with Crippen LogP contribution >= 0.6 is 0 Å². The second-order valence-electron chi connectivity index (χ2n) is 4.45. The van der Waals surface area contributed by atoms with Gasteiger partial charge in [-0.25, -0.2) is 9.78 Å². The molecule has 0 saturated heterocycles. The van der Waals surface area contributed by atoms with Gasteiger partial charge in [0.05, 0.1) is 11.7 Å². The predicted molar refractivity (Wildman–Crippen MR) is 55.1 cm³/mol. The average molecular weight is 188 g/mol. The zero-order valence-corrected chi connectivity index (χ0v) is 9.80. The minimum Gasteiger partial charge on any atom is -0.436 e. The fraction of sp³-hybridized carbons (Fsp3) is 1.00. The van der Waals surface area contributed by atoms with Gasteiger partial charge in [-0.15, -0.1) is 0 Å². The molecule has 0 spiro atoms. The van der Waals surface area contributed by atoms with Crippen LogP contribution in [0.1, 0.15) is 41.5 Å². The Labute approximate surface area is 82.1 Å². The number of hydrogen-bond acceptors (Lipinski definition) is 3. The molecule has 0 saturated carbocycles. The van der Waals surface area contributed by atoms with Crippen molar-refractivity contribution in [1.29, 1.82) is 0 Å². The van der Waals surface area contributed by atoms with Crippen LogP contribution in [0.5, 0.6) is 0 Å². The Morgan fingerprint density at radius 3 is 1.77 bits per heavy atom. The highest BCUT2D eigenvalue weighted by molar-refractivity contribution is 5.98. The lowest BCUT2D eigenvalue weighted by atomic mass is 9.89. The zero-order valence-electron chi connectivity index (χ0n) is 9.80. The van der Waals surface area contributed by atoms with Crippen LogP contribution in [0.3, 0.4) is 0 Å². The first-order chi connectivity index (χ1) is 5.73. The second-order valence-corrected chi connectivity index (χ2v) is 4.45. The average Bonchev–Trinajstić information content (AvgIpc) is 2.01. The van der Waals surface area contributed by atoms with Crippen molar-refractivity contribution in [2.24, 2.45) is 0 Å². The van der Waals surface area contributed by atoms with Crippen molar-refractivity contribution >= 4 is 8.05 Å². The van der Waals surface area contributed by atoms with Gasteiger partial charge in [-0.3, -0.25) is 0 Å². The summed E-state index contributed by atoms with van der Waals surface area (Å²) in [5, 5.41) is 0. The van der Waals surface area contributed by atoms with Gasteiger partial charge in [-0.2, -0.15) is 0 Å². The van der Waals surface area contributed by atoms with Crippen molar-refractivity contribution in [1.82, 2.24) is 0 Å². The molecule has 0 aromatic heterocycles. The van der Waals surface area contributed by atoms with Crippen LogP contribution in [-0.4, -0.2) is 25.4 Å². The van der Waals surface area contributed by atoms with Crippen LogP contribution in [-0.2, 0) is 14.4 Å². The Morgan fingerprint density at radius 1 is 1.00 bits per heavy atom. The van der Waals surface area contributed by atoms with Gasteiger partial charge < -0.3 is 4.65 Å². The fourth-order valence-electron chi connectivity index (χ4n) is 0.563. The van der Waals surface area contributed by atoms with E-state index in [-0.39, 0.29) is 11.7 Å². The molecule has 13 heavy (non-hydrogen) atoms. The molecule has 78 valence electrons. The Balaban J connectivity index is 4.22. The molecule has 0 bridgehead atoms. The monoisotopic (exact) mass is 188 g/mol. The van der Waals surface area contributed by atoms with E-state index in [0.29, 0.717) is 0 Å². The van der Waals surface area contributed by atoms with Gasteiger partial charge >= 0.3 is 0 Å². The lowest BCUT2D eigenvalue weighted by Gasteiger charge is -2.39. The largest absolute Gasteiger partial charge is 0.436 e. The molecule has 0 aromatic rings. The molecule has 0 rings (SSSR count). The molecule has 0 amide bonds. The number of hydrogen-bond donors (Lipinski definition) is 0. The molecule has 4 heteroatoms. The van der Waals surface area contributed by atoms with E-state index < -0.39 is 5.60 Å². The van der Waals surface area contributed by atoms with Crippen molar-refractivity contribution in [3.63, 3.8) is 0 Å². The minimum absolute atomic E-state index is 0.0620. The third-order valence-corrected chi connectivity index (χ3v) is 2.41. The van der Waals surface area contributed by atoms with E-state index in [1.54, 1.807) is 8.05 Å². The molecule has 0 N–H and O–H groups in total. The van der Waals surface area contributed by atoms with E-state index in [1.807, 2.05) is 41.5 Å². The topological polar surface area (TPSA) is 27.7 Å². The first kappa shape index (κ1) is 12.9.